The van der Waals surface area contributed by atoms with E-state index in [-0.39, 0.29) is 12.6 Å². The molecule has 1 aromatic carbocycles. The number of nitrogens with zero attached hydrogens (tertiary/aromatic N) is 2. The minimum atomic E-state index is -0.844. The van der Waals surface area contributed by atoms with Crippen LogP contribution in [0.5, 0.6) is 0 Å². The highest BCUT2D eigenvalue weighted by atomic mass is 16.5. The highest BCUT2D eigenvalue weighted by molar-refractivity contribution is 6.13. The molecule has 0 bridgehead atoms. The van der Waals surface area contributed by atoms with Crippen molar-refractivity contribution in [3.63, 3.8) is 0 Å². The summed E-state index contributed by atoms with van der Waals surface area (Å²) in [4.78, 5) is 26.4. The van der Waals surface area contributed by atoms with E-state index in [1.165, 1.54) is 6.26 Å². The van der Waals surface area contributed by atoms with E-state index in [9.17, 15) is 9.59 Å². The predicted molar refractivity (Wildman–Crippen MR) is 87.1 cm³/mol. The molecule has 2 heterocycles. The van der Waals surface area contributed by atoms with Gasteiger partial charge in [0.1, 0.15) is 12.1 Å². The third-order valence-corrected chi connectivity index (χ3v) is 3.52. The third-order valence-electron chi connectivity index (χ3n) is 3.52. The zero-order valence-corrected chi connectivity index (χ0v) is 12.6. The summed E-state index contributed by atoms with van der Waals surface area (Å²) >= 11 is 0. The van der Waals surface area contributed by atoms with Crippen LogP contribution in [0.3, 0.4) is 0 Å². The van der Waals surface area contributed by atoms with Gasteiger partial charge in [0, 0.05) is 11.9 Å². The molecule has 6 N–H and O–H groups in total. The number of anilines is 1. The van der Waals surface area contributed by atoms with Crippen LogP contribution in [0.25, 0.3) is 22.0 Å². The van der Waals surface area contributed by atoms with Crippen LogP contribution >= 0.6 is 0 Å². The van der Waals surface area contributed by atoms with Gasteiger partial charge in [0.25, 0.3) is 0 Å². The van der Waals surface area contributed by atoms with Crippen LogP contribution in [0, 0.1) is 0 Å². The molecule has 9 nitrogen and oxygen atoms in total. The quantitative estimate of drug-likeness (QED) is 0.596. The maximum atomic E-state index is 11.6. The number of amides is 2. The van der Waals surface area contributed by atoms with Crippen molar-refractivity contribution in [1.29, 1.82) is 0 Å². The first-order valence-corrected chi connectivity index (χ1v) is 7.02. The average molecular weight is 329 g/mol. The molecule has 24 heavy (non-hydrogen) atoms. The maximum absolute atomic E-state index is 11.6. The van der Waals surface area contributed by atoms with Crippen molar-refractivity contribution in [3.8, 4) is 0 Å². The molecule has 3 aromatic rings. The molecule has 3 rings (SSSR count). The first-order chi connectivity index (χ1) is 11.5. The summed E-state index contributed by atoms with van der Waals surface area (Å²) in [5.41, 5.74) is 18.2. The number of imidazole rings is 1. The zero-order chi connectivity index (χ0) is 17.3. The van der Waals surface area contributed by atoms with E-state index in [0.717, 1.165) is 0 Å². The van der Waals surface area contributed by atoms with Crippen molar-refractivity contribution in [2.45, 2.75) is 6.54 Å². The minimum absolute atomic E-state index is 0.0594. The lowest BCUT2D eigenvalue weighted by Gasteiger charge is -2.04. The van der Waals surface area contributed by atoms with Crippen molar-refractivity contribution in [2.75, 3.05) is 12.3 Å². The van der Waals surface area contributed by atoms with Crippen LogP contribution in [0.1, 0.15) is 10.4 Å². The van der Waals surface area contributed by atoms with Gasteiger partial charge in [-0.05, 0) is 18.2 Å². The molecule has 0 aliphatic rings. The largest absolute Gasteiger partial charge is 0.462 e. The monoisotopic (exact) mass is 329 g/mol. The van der Waals surface area contributed by atoms with E-state index < -0.39 is 12.0 Å². The van der Waals surface area contributed by atoms with Gasteiger partial charge < -0.3 is 30.9 Å². The van der Waals surface area contributed by atoms with E-state index in [2.05, 4.69) is 9.72 Å². The second kappa shape index (κ2) is 5.95. The van der Waals surface area contributed by atoms with Crippen LogP contribution in [0.2, 0.25) is 0 Å². The number of furan rings is 1. The molecule has 0 spiro atoms. The average Bonchev–Trinajstić information content (AvgIpc) is 3.09. The second-order valence-corrected chi connectivity index (χ2v) is 5.00. The number of fused-ring (bicyclic) bond motifs is 3. The summed E-state index contributed by atoms with van der Waals surface area (Å²) in [6, 6.07) is 3.25. The number of carbonyl (C=O) groups excluding carboxylic acids is 2. The van der Waals surface area contributed by atoms with Crippen LogP contribution in [0.4, 0.5) is 10.7 Å². The highest BCUT2D eigenvalue weighted by Gasteiger charge is 2.18. The number of primary amides is 2. The molecule has 0 saturated heterocycles. The third kappa shape index (κ3) is 2.62. The summed E-state index contributed by atoms with van der Waals surface area (Å²) in [6.45, 7) is 0.431. The fraction of sp³-hybridized carbons (Fsp3) is 0.133. The Bertz CT molecular complexity index is 969. The minimum Gasteiger partial charge on any atom is -0.462 e. The van der Waals surface area contributed by atoms with Crippen molar-refractivity contribution in [1.82, 2.24) is 9.55 Å². The molecule has 0 fully saturated rings. The van der Waals surface area contributed by atoms with Crippen molar-refractivity contribution in [3.05, 3.63) is 36.1 Å². The van der Waals surface area contributed by atoms with Crippen LogP contribution in [0.15, 0.2) is 35.0 Å². The fourth-order valence-electron chi connectivity index (χ4n) is 2.52. The predicted octanol–water partition coefficient (Wildman–Crippen LogP) is 1.12. The number of hydrogen-bond donors (Lipinski definition) is 3. The summed E-state index contributed by atoms with van der Waals surface area (Å²) in [5.74, 6) is -0.315. The number of ether oxygens (including phenoxy) is 1. The van der Waals surface area contributed by atoms with Gasteiger partial charge in [-0.15, -0.1) is 0 Å². The lowest BCUT2D eigenvalue weighted by molar-refractivity contribution is 0.100. The van der Waals surface area contributed by atoms with Gasteiger partial charge in [-0.2, -0.15) is 0 Å². The Kier molecular flexibility index (Phi) is 3.82. The molecule has 0 aliphatic carbocycles. The van der Waals surface area contributed by atoms with Crippen molar-refractivity contribution < 1.29 is 18.7 Å². The van der Waals surface area contributed by atoms with E-state index in [1.54, 1.807) is 28.9 Å². The lowest BCUT2D eigenvalue weighted by atomic mass is 10.1. The zero-order valence-electron chi connectivity index (χ0n) is 12.6. The molecule has 124 valence electrons. The number of carbonyl (C=O) groups is 2. The number of allylic oxidation sites excluding steroid dienone is 1. The normalized spacial score (nSPS) is 11.5. The maximum Gasteiger partial charge on any atom is 0.404 e. The summed E-state index contributed by atoms with van der Waals surface area (Å²) in [5, 5.41) is 0.595. The molecule has 0 saturated carbocycles. The van der Waals surface area contributed by atoms with Gasteiger partial charge in [-0.1, -0.05) is 6.08 Å². The van der Waals surface area contributed by atoms with Crippen LogP contribution < -0.4 is 17.2 Å². The first kappa shape index (κ1) is 15.4. The molecule has 2 aromatic heterocycles. The summed E-state index contributed by atoms with van der Waals surface area (Å²) in [7, 11) is 0. The first-order valence-electron chi connectivity index (χ1n) is 7.02. The number of rotatable bonds is 5. The summed E-state index contributed by atoms with van der Waals surface area (Å²) in [6.07, 6.45) is 4.01. The van der Waals surface area contributed by atoms with Gasteiger partial charge in [-0.25, -0.2) is 9.78 Å². The SMILES string of the molecule is NC(=O)OC/C=C/Cn1c(N)nc2cc(C(N)=O)c3ccoc3c21. The number of hydrogen-bond acceptors (Lipinski definition) is 6. The van der Waals surface area contributed by atoms with Gasteiger partial charge in [0.2, 0.25) is 11.9 Å². The van der Waals surface area contributed by atoms with Gasteiger partial charge in [0.05, 0.1) is 17.3 Å². The Balaban J connectivity index is 2.03. The standard InChI is InChI=1S/C15H15N5O4/c16-13(21)9-7-10-11(12-8(9)3-6-23-12)20(14(17)19-10)4-1-2-5-24-15(18)22/h1-3,6-7H,4-5H2,(H2,16,21)(H2,17,19)(H2,18,22)/b2-1+. The fourth-order valence-corrected chi connectivity index (χ4v) is 2.52. The molecular formula is C15H15N5O4. The van der Waals surface area contributed by atoms with Crippen molar-refractivity contribution >= 4 is 40.0 Å². The smallest absolute Gasteiger partial charge is 0.404 e. The lowest BCUT2D eigenvalue weighted by Crippen LogP contribution is -2.12. The number of aromatic nitrogens is 2. The van der Waals surface area contributed by atoms with E-state index in [4.69, 9.17) is 21.6 Å². The van der Waals surface area contributed by atoms with Gasteiger partial charge in [0.15, 0.2) is 5.58 Å². The van der Waals surface area contributed by atoms with E-state index >= 15 is 0 Å². The van der Waals surface area contributed by atoms with Gasteiger partial charge >= 0.3 is 6.09 Å². The second-order valence-electron chi connectivity index (χ2n) is 5.00. The molecule has 0 atom stereocenters. The van der Waals surface area contributed by atoms with Crippen LogP contribution in [-0.4, -0.2) is 28.2 Å². The van der Waals surface area contributed by atoms with Gasteiger partial charge in [-0.3, -0.25) is 4.79 Å². The Morgan fingerprint density at radius 3 is 2.83 bits per heavy atom. The van der Waals surface area contributed by atoms with E-state index in [0.29, 0.717) is 34.1 Å². The number of nitrogens with two attached hydrogens (primary N) is 3. The molecule has 2 amide bonds. The summed E-state index contributed by atoms with van der Waals surface area (Å²) < 4.78 is 11.8. The highest BCUT2D eigenvalue weighted by Crippen LogP contribution is 2.31. The number of benzene rings is 1. The Morgan fingerprint density at radius 2 is 2.12 bits per heavy atom. The Labute approximate surface area is 135 Å². The van der Waals surface area contributed by atoms with Crippen molar-refractivity contribution in [2.24, 2.45) is 11.5 Å². The molecule has 0 unspecified atom stereocenters. The number of nitrogen functional groups attached to an aromatic ring is 1. The molecule has 9 heteroatoms. The molecule has 0 aliphatic heterocycles. The molecule has 0 radical (unpaired) electrons. The van der Waals surface area contributed by atoms with Crippen LogP contribution in [-0.2, 0) is 11.3 Å². The Morgan fingerprint density at radius 1 is 1.33 bits per heavy atom. The molecular weight excluding hydrogens is 314 g/mol. The topological polar surface area (TPSA) is 152 Å². The van der Waals surface area contributed by atoms with E-state index in [1.807, 2.05) is 0 Å². The Hall–Kier alpha value is -3.49.